The molecule has 2 rings (SSSR count). The third-order valence-electron chi connectivity index (χ3n) is 3.90. The first-order valence-electron chi connectivity index (χ1n) is 7.82. The minimum atomic E-state index is 0. The summed E-state index contributed by atoms with van der Waals surface area (Å²) in [5.41, 5.74) is 2.34. The number of piperidine rings is 1. The second-order valence-corrected chi connectivity index (χ2v) is 5.88. The lowest BCUT2D eigenvalue weighted by Crippen LogP contribution is -2.38. The van der Waals surface area contributed by atoms with Crippen molar-refractivity contribution >= 4 is 18.3 Å². The van der Waals surface area contributed by atoms with Crippen molar-refractivity contribution in [2.45, 2.75) is 33.1 Å². The number of nitrogens with one attached hydrogen (secondary N) is 2. The zero-order valence-corrected chi connectivity index (χ0v) is 14.3. The lowest BCUT2D eigenvalue weighted by atomic mass is 10.00. The molecular formula is C17H27ClN2O2. The van der Waals surface area contributed by atoms with E-state index in [9.17, 15) is 4.79 Å². The van der Waals surface area contributed by atoms with E-state index in [0.29, 0.717) is 18.9 Å². The molecule has 1 aliphatic heterocycles. The fourth-order valence-corrected chi connectivity index (χ4v) is 2.66. The molecule has 0 aliphatic carbocycles. The van der Waals surface area contributed by atoms with E-state index in [1.54, 1.807) is 0 Å². The SMILES string of the molecule is Cc1ccc(OCCC(=O)NCC2CCCNC2)c(C)c1.Cl. The van der Waals surface area contributed by atoms with Crippen molar-refractivity contribution in [3.05, 3.63) is 29.3 Å². The molecule has 22 heavy (non-hydrogen) atoms. The van der Waals surface area contributed by atoms with E-state index in [4.69, 9.17) is 4.74 Å². The Labute approximate surface area is 139 Å². The van der Waals surface area contributed by atoms with E-state index in [0.717, 1.165) is 30.9 Å². The second-order valence-electron chi connectivity index (χ2n) is 5.88. The van der Waals surface area contributed by atoms with Crippen LogP contribution in [-0.4, -0.2) is 32.1 Å². The third-order valence-corrected chi connectivity index (χ3v) is 3.90. The third kappa shape index (κ3) is 6.24. The molecule has 0 radical (unpaired) electrons. The van der Waals surface area contributed by atoms with Gasteiger partial charge in [-0.15, -0.1) is 12.4 Å². The highest BCUT2D eigenvalue weighted by Crippen LogP contribution is 2.18. The van der Waals surface area contributed by atoms with E-state index >= 15 is 0 Å². The Morgan fingerprint density at radius 1 is 1.41 bits per heavy atom. The van der Waals surface area contributed by atoms with Crippen LogP contribution in [0.3, 0.4) is 0 Å². The zero-order chi connectivity index (χ0) is 15.1. The Bertz CT molecular complexity index is 474. The molecule has 1 fully saturated rings. The van der Waals surface area contributed by atoms with E-state index < -0.39 is 0 Å². The molecule has 1 heterocycles. The number of aryl methyl sites for hydroxylation is 2. The van der Waals surface area contributed by atoms with Gasteiger partial charge in [0.05, 0.1) is 13.0 Å². The summed E-state index contributed by atoms with van der Waals surface area (Å²) in [4.78, 5) is 11.8. The maximum Gasteiger partial charge on any atom is 0.223 e. The molecule has 1 aromatic rings. The van der Waals surface area contributed by atoms with Crippen molar-refractivity contribution in [3.63, 3.8) is 0 Å². The summed E-state index contributed by atoms with van der Waals surface area (Å²) < 4.78 is 5.68. The Balaban J connectivity index is 0.00000242. The van der Waals surface area contributed by atoms with E-state index in [1.807, 2.05) is 19.1 Å². The van der Waals surface area contributed by atoms with Gasteiger partial charge < -0.3 is 15.4 Å². The molecule has 1 atom stereocenters. The van der Waals surface area contributed by atoms with Crippen LogP contribution in [0.25, 0.3) is 0 Å². The molecule has 4 nitrogen and oxygen atoms in total. The molecule has 1 unspecified atom stereocenters. The van der Waals surface area contributed by atoms with Crippen molar-refractivity contribution in [2.24, 2.45) is 5.92 Å². The molecule has 0 bridgehead atoms. The highest BCUT2D eigenvalue weighted by Gasteiger charge is 2.13. The van der Waals surface area contributed by atoms with Gasteiger partial charge in [0.1, 0.15) is 5.75 Å². The number of carbonyl (C=O) groups excluding carboxylic acids is 1. The summed E-state index contributed by atoms with van der Waals surface area (Å²) in [6, 6.07) is 6.08. The van der Waals surface area contributed by atoms with Crippen LogP contribution in [0.15, 0.2) is 18.2 Å². The number of benzene rings is 1. The number of ether oxygens (including phenoxy) is 1. The fraction of sp³-hybridized carbons (Fsp3) is 0.588. The maximum atomic E-state index is 11.8. The van der Waals surface area contributed by atoms with Gasteiger partial charge in [0, 0.05) is 6.54 Å². The van der Waals surface area contributed by atoms with Crippen LogP contribution in [0.4, 0.5) is 0 Å². The van der Waals surface area contributed by atoms with E-state index in [1.165, 1.54) is 18.4 Å². The second kappa shape index (κ2) is 9.70. The number of rotatable bonds is 6. The van der Waals surface area contributed by atoms with Crippen LogP contribution in [0.2, 0.25) is 0 Å². The fourth-order valence-electron chi connectivity index (χ4n) is 2.66. The van der Waals surface area contributed by atoms with Crippen molar-refractivity contribution in [3.8, 4) is 5.75 Å². The van der Waals surface area contributed by atoms with Crippen molar-refractivity contribution in [1.29, 1.82) is 0 Å². The first-order chi connectivity index (χ1) is 10.1. The minimum Gasteiger partial charge on any atom is -0.493 e. The molecule has 0 aromatic heterocycles. The zero-order valence-electron chi connectivity index (χ0n) is 13.5. The van der Waals surface area contributed by atoms with E-state index in [2.05, 4.69) is 23.6 Å². The molecule has 1 amide bonds. The monoisotopic (exact) mass is 326 g/mol. The highest BCUT2D eigenvalue weighted by atomic mass is 35.5. The molecule has 2 N–H and O–H groups in total. The predicted octanol–water partition coefficient (Wildman–Crippen LogP) is 2.61. The van der Waals surface area contributed by atoms with Gasteiger partial charge in [0.15, 0.2) is 0 Å². The quantitative estimate of drug-likeness (QED) is 0.845. The summed E-state index contributed by atoms with van der Waals surface area (Å²) >= 11 is 0. The molecule has 1 aromatic carbocycles. The Kier molecular flexibility index (Phi) is 8.28. The Morgan fingerprint density at radius 3 is 2.91 bits per heavy atom. The lowest BCUT2D eigenvalue weighted by molar-refractivity contribution is -0.121. The number of amides is 1. The molecular weight excluding hydrogens is 300 g/mol. The largest absolute Gasteiger partial charge is 0.493 e. The number of halogens is 1. The molecule has 0 saturated carbocycles. The Hall–Kier alpha value is -1.26. The number of hydrogen-bond acceptors (Lipinski definition) is 3. The van der Waals surface area contributed by atoms with Crippen molar-refractivity contribution < 1.29 is 9.53 Å². The van der Waals surface area contributed by atoms with Crippen LogP contribution < -0.4 is 15.4 Å². The Morgan fingerprint density at radius 2 is 2.23 bits per heavy atom. The van der Waals surface area contributed by atoms with Gasteiger partial charge in [-0.25, -0.2) is 0 Å². The summed E-state index contributed by atoms with van der Waals surface area (Å²) in [6.45, 7) is 7.41. The summed E-state index contributed by atoms with van der Waals surface area (Å²) in [5, 5.41) is 6.36. The average molecular weight is 327 g/mol. The molecule has 5 heteroatoms. The molecule has 1 aliphatic rings. The first kappa shape index (κ1) is 18.8. The van der Waals surface area contributed by atoms with Gasteiger partial charge in [-0.05, 0) is 57.3 Å². The van der Waals surface area contributed by atoms with Gasteiger partial charge in [-0.2, -0.15) is 0 Å². The normalized spacial score (nSPS) is 17.5. The summed E-state index contributed by atoms with van der Waals surface area (Å²) in [5.74, 6) is 1.51. The first-order valence-corrected chi connectivity index (χ1v) is 7.82. The molecule has 1 saturated heterocycles. The van der Waals surface area contributed by atoms with Gasteiger partial charge in [-0.3, -0.25) is 4.79 Å². The number of hydrogen-bond donors (Lipinski definition) is 2. The predicted molar refractivity (Wildman–Crippen MR) is 91.9 cm³/mol. The van der Waals surface area contributed by atoms with E-state index in [-0.39, 0.29) is 18.3 Å². The smallest absolute Gasteiger partial charge is 0.223 e. The van der Waals surface area contributed by atoms with Crippen molar-refractivity contribution in [1.82, 2.24) is 10.6 Å². The van der Waals surface area contributed by atoms with Crippen LogP contribution in [0.5, 0.6) is 5.75 Å². The maximum absolute atomic E-state index is 11.8. The standard InChI is InChI=1S/C17H26N2O2.ClH/c1-13-5-6-16(14(2)10-13)21-9-7-17(20)19-12-15-4-3-8-18-11-15;/h5-6,10,15,18H,3-4,7-9,11-12H2,1-2H3,(H,19,20);1H. The molecule has 124 valence electrons. The van der Waals surface area contributed by atoms with Gasteiger partial charge >= 0.3 is 0 Å². The molecule has 0 spiro atoms. The van der Waals surface area contributed by atoms with Crippen LogP contribution in [0, 0.1) is 19.8 Å². The average Bonchev–Trinajstić information content (AvgIpc) is 2.48. The van der Waals surface area contributed by atoms with Gasteiger partial charge in [0.2, 0.25) is 5.91 Å². The number of carbonyl (C=O) groups is 1. The summed E-state index contributed by atoms with van der Waals surface area (Å²) in [7, 11) is 0. The highest BCUT2D eigenvalue weighted by molar-refractivity contribution is 5.85. The van der Waals surface area contributed by atoms with Gasteiger partial charge in [-0.1, -0.05) is 17.7 Å². The van der Waals surface area contributed by atoms with Gasteiger partial charge in [0.25, 0.3) is 0 Å². The lowest BCUT2D eigenvalue weighted by Gasteiger charge is -2.22. The topological polar surface area (TPSA) is 50.4 Å². The van der Waals surface area contributed by atoms with Crippen LogP contribution in [-0.2, 0) is 4.79 Å². The van der Waals surface area contributed by atoms with Crippen LogP contribution in [0.1, 0.15) is 30.4 Å². The minimum absolute atomic E-state index is 0. The summed E-state index contributed by atoms with van der Waals surface area (Å²) in [6.07, 6.45) is 2.82. The van der Waals surface area contributed by atoms with Crippen LogP contribution >= 0.6 is 12.4 Å². The van der Waals surface area contributed by atoms with Crippen molar-refractivity contribution in [2.75, 3.05) is 26.2 Å².